The molecule has 0 unspecified atom stereocenters. The summed E-state index contributed by atoms with van der Waals surface area (Å²) in [7, 11) is 0. The van der Waals surface area contributed by atoms with E-state index in [1.165, 1.54) is 11.1 Å². The highest BCUT2D eigenvalue weighted by Crippen LogP contribution is 2.36. The van der Waals surface area contributed by atoms with Gasteiger partial charge in [0.2, 0.25) is 0 Å². The number of benzene rings is 1. The predicted molar refractivity (Wildman–Crippen MR) is 63.7 cm³/mol. The van der Waals surface area contributed by atoms with Gasteiger partial charge in [-0.15, -0.1) is 0 Å². The molecule has 0 N–H and O–H groups in total. The number of hydrogen-bond donors (Lipinski definition) is 0. The van der Waals surface area contributed by atoms with Crippen molar-refractivity contribution < 1.29 is 0 Å². The first-order valence-corrected chi connectivity index (χ1v) is 5.26. The van der Waals surface area contributed by atoms with Crippen molar-refractivity contribution >= 4 is 11.9 Å². The monoisotopic (exact) mass is 189 g/mol. The van der Waals surface area contributed by atoms with Gasteiger partial charge in [-0.3, -0.25) is 4.99 Å². The van der Waals surface area contributed by atoms with E-state index >= 15 is 0 Å². The zero-order valence-electron chi connectivity index (χ0n) is 9.76. The van der Waals surface area contributed by atoms with E-state index in [1.807, 2.05) is 20.1 Å². The summed E-state index contributed by atoms with van der Waals surface area (Å²) in [5, 5.41) is 0. The van der Waals surface area contributed by atoms with Crippen molar-refractivity contribution in [2.75, 3.05) is 0 Å². The van der Waals surface area contributed by atoms with E-state index in [0.717, 1.165) is 5.69 Å². The van der Waals surface area contributed by atoms with Gasteiger partial charge in [-0.2, -0.15) is 0 Å². The molecule has 0 aliphatic carbocycles. The van der Waals surface area contributed by atoms with Gasteiger partial charge in [0, 0.05) is 11.6 Å². The maximum Gasteiger partial charge on any atom is 0.0669 e. The molecule has 1 aliphatic heterocycles. The molecule has 2 rings (SSSR count). The molecule has 0 amide bonds. The first kappa shape index (κ1) is 11.0. The van der Waals surface area contributed by atoms with Crippen LogP contribution < -0.4 is 0 Å². The number of aliphatic imine (C=N–C) groups is 1. The SMILES string of the molecule is CC.Cc1ccc2c(c1)N=CC2(C)C. The Bertz CT molecular complexity index is 348. The van der Waals surface area contributed by atoms with E-state index < -0.39 is 0 Å². The lowest BCUT2D eigenvalue weighted by Gasteiger charge is -2.15. The summed E-state index contributed by atoms with van der Waals surface area (Å²) in [6.45, 7) is 10.5. The third-order valence-corrected chi connectivity index (χ3v) is 2.37. The van der Waals surface area contributed by atoms with E-state index in [-0.39, 0.29) is 5.41 Å². The zero-order chi connectivity index (χ0) is 10.8. The fourth-order valence-corrected chi connectivity index (χ4v) is 1.59. The second kappa shape index (κ2) is 3.95. The summed E-state index contributed by atoms with van der Waals surface area (Å²) >= 11 is 0. The molecule has 0 atom stereocenters. The fraction of sp³-hybridized carbons (Fsp3) is 0.462. The molecule has 0 saturated carbocycles. The van der Waals surface area contributed by atoms with Crippen molar-refractivity contribution in [3.63, 3.8) is 0 Å². The Kier molecular flexibility index (Phi) is 3.10. The van der Waals surface area contributed by atoms with Gasteiger partial charge in [-0.05, 0) is 24.1 Å². The van der Waals surface area contributed by atoms with E-state index in [9.17, 15) is 0 Å². The van der Waals surface area contributed by atoms with E-state index in [4.69, 9.17) is 0 Å². The lowest BCUT2D eigenvalue weighted by atomic mass is 9.87. The Balaban J connectivity index is 0.000000461. The van der Waals surface area contributed by atoms with Gasteiger partial charge < -0.3 is 0 Å². The molecule has 1 aromatic rings. The average molecular weight is 189 g/mol. The third-order valence-electron chi connectivity index (χ3n) is 2.37. The quantitative estimate of drug-likeness (QED) is 0.584. The van der Waals surface area contributed by atoms with Gasteiger partial charge in [-0.25, -0.2) is 0 Å². The maximum absolute atomic E-state index is 4.39. The van der Waals surface area contributed by atoms with Gasteiger partial charge in [0.15, 0.2) is 0 Å². The maximum atomic E-state index is 4.39. The first-order chi connectivity index (χ1) is 6.59. The number of fused-ring (bicyclic) bond motifs is 1. The third kappa shape index (κ3) is 1.87. The molecule has 1 heteroatoms. The molecule has 0 saturated heterocycles. The van der Waals surface area contributed by atoms with Crippen molar-refractivity contribution in [1.29, 1.82) is 0 Å². The van der Waals surface area contributed by atoms with Crippen LogP contribution in [0.15, 0.2) is 23.2 Å². The smallest absolute Gasteiger partial charge is 0.0669 e. The molecule has 1 aliphatic rings. The largest absolute Gasteiger partial charge is 0.260 e. The lowest BCUT2D eigenvalue weighted by molar-refractivity contribution is 0.752. The summed E-state index contributed by atoms with van der Waals surface area (Å²) in [6, 6.07) is 6.47. The molecular formula is C13H19N. The van der Waals surface area contributed by atoms with Crippen molar-refractivity contribution in [2.24, 2.45) is 4.99 Å². The summed E-state index contributed by atoms with van der Waals surface area (Å²) in [6.07, 6.45) is 2.02. The molecule has 14 heavy (non-hydrogen) atoms. The molecular weight excluding hydrogens is 170 g/mol. The summed E-state index contributed by atoms with van der Waals surface area (Å²) < 4.78 is 0. The number of hydrogen-bond acceptors (Lipinski definition) is 1. The van der Waals surface area contributed by atoms with Crippen LogP contribution in [0.5, 0.6) is 0 Å². The normalized spacial score (nSPS) is 15.8. The number of rotatable bonds is 0. The van der Waals surface area contributed by atoms with Crippen molar-refractivity contribution in [3.05, 3.63) is 29.3 Å². The molecule has 1 heterocycles. The molecule has 0 aromatic heterocycles. The molecule has 0 radical (unpaired) electrons. The second-order valence-corrected chi connectivity index (χ2v) is 4.00. The summed E-state index contributed by atoms with van der Waals surface area (Å²) in [5.41, 5.74) is 3.89. The minimum absolute atomic E-state index is 0.128. The first-order valence-electron chi connectivity index (χ1n) is 5.26. The fourth-order valence-electron chi connectivity index (χ4n) is 1.59. The second-order valence-electron chi connectivity index (χ2n) is 4.00. The minimum Gasteiger partial charge on any atom is -0.260 e. The molecule has 0 spiro atoms. The molecule has 76 valence electrons. The van der Waals surface area contributed by atoms with E-state index in [1.54, 1.807) is 0 Å². The summed E-state index contributed by atoms with van der Waals surface area (Å²) in [4.78, 5) is 4.39. The Morgan fingerprint density at radius 2 is 1.79 bits per heavy atom. The van der Waals surface area contributed by atoms with Crippen LogP contribution in [0.1, 0.15) is 38.8 Å². The Morgan fingerprint density at radius 1 is 1.14 bits per heavy atom. The van der Waals surface area contributed by atoms with Crippen LogP contribution in [-0.2, 0) is 5.41 Å². The van der Waals surface area contributed by atoms with Gasteiger partial charge in [0.25, 0.3) is 0 Å². The standard InChI is InChI=1S/C11H13N.C2H6/c1-8-4-5-9-10(6-8)12-7-11(9,2)3;1-2/h4-7H,1-3H3;1-2H3. The number of nitrogens with zero attached hydrogens (tertiary/aromatic N) is 1. The highest BCUT2D eigenvalue weighted by Gasteiger charge is 2.25. The Hall–Kier alpha value is -1.11. The van der Waals surface area contributed by atoms with Gasteiger partial charge >= 0.3 is 0 Å². The van der Waals surface area contributed by atoms with Crippen molar-refractivity contribution in [2.45, 2.75) is 40.0 Å². The molecule has 1 aromatic carbocycles. The van der Waals surface area contributed by atoms with Crippen LogP contribution in [0.25, 0.3) is 0 Å². The molecule has 0 fully saturated rings. The number of aryl methyl sites for hydroxylation is 1. The minimum atomic E-state index is 0.128. The Morgan fingerprint density at radius 3 is 2.43 bits per heavy atom. The average Bonchev–Trinajstić information content (AvgIpc) is 2.45. The van der Waals surface area contributed by atoms with Gasteiger partial charge in [0.05, 0.1) is 5.69 Å². The zero-order valence-corrected chi connectivity index (χ0v) is 9.76. The van der Waals surface area contributed by atoms with Gasteiger partial charge in [-0.1, -0.05) is 39.8 Å². The van der Waals surface area contributed by atoms with Crippen LogP contribution in [0.3, 0.4) is 0 Å². The van der Waals surface area contributed by atoms with Crippen LogP contribution in [0.2, 0.25) is 0 Å². The van der Waals surface area contributed by atoms with Crippen LogP contribution in [-0.4, -0.2) is 6.21 Å². The van der Waals surface area contributed by atoms with Crippen molar-refractivity contribution in [3.8, 4) is 0 Å². The molecule has 1 nitrogen and oxygen atoms in total. The highest BCUT2D eigenvalue weighted by molar-refractivity contribution is 5.84. The van der Waals surface area contributed by atoms with E-state index in [2.05, 4.69) is 44.0 Å². The lowest BCUT2D eigenvalue weighted by Crippen LogP contribution is -2.14. The van der Waals surface area contributed by atoms with Crippen LogP contribution in [0, 0.1) is 6.92 Å². The summed E-state index contributed by atoms with van der Waals surface area (Å²) in [5.74, 6) is 0. The topological polar surface area (TPSA) is 12.4 Å². The van der Waals surface area contributed by atoms with E-state index in [0.29, 0.717) is 0 Å². The van der Waals surface area contributed by atoms with Crippen molar-refractivity contribution in [1.82, 2.24) is 0 Å². The predicted octanol–water partition coefficient (Wildman–Crippen LogP) is 4.01. The highest BCUT2D eigenvalue weighted by atomic mass is 14.8. The van der Waals surface area contributed by atoms with Gasteiger partial charge in [0.1, 0.15) is 0 Å². The van der Waals surface area contributed by atoms with Crippen LogP contribution >= 0.6 is 0 Å². The molecule has 0 bridgehead atoms. The Labute approximate surface area is 86.9 Å². The van der Waals surface area contributed by atoms with Crippen LogP contribution in [0.4, 0.5) is 5.69 Å².